The molecule has 0 unspecified atom stereocenters. The summed E-state index contributed by atoms with van der Waals surface area (Å²) in [5.41, 5.74) is 3.67. The first-order valence-electron chi connectivity index (χ1n) is 5.33. The molecule has 0 spiro atoms. The van der Waals surface area contributed by atoms with Crippen molar-refractivity contribution in [1.29, 1.82) is 0 Å². The second-order valence-corrected chi connectivity index (χ2v) is 3.50. The zero-order valence-corrected chi connectivity index (χ0v) is 10.0. The average molecular weight is 205 g/mol. The van der Waals surface area contributed by atoms with Crippen LogP contribution in [0.2, 0.25) is 0 Å². The van der Waals surface area contributed by atoms with Crippen LogP contribution in [0.1, 0.15) is 30.8 Å². The standard InChI is InChI=1S/C12H19N3/c1-5-7-8-13-9-12-10(3)14-15(6-2)11(12)4/h13H,6,8-9H2,1-4H3. The van der Waals surface area contributed by atoms with Gasteiger partial charge in [0.15, 0.2) is 0 Å². The number of aromatic nitrogens is 2. The molecule has 1 heterocycles. The summed E-state index contributed by atoms with van der Waals surface area (Å²) in [6.07, 6.45) is 0. The number of nitrogens with one attached hydrogen (secondary N) is 1. The van der Waals surface area contributed by atoms with Gasteiger partial charge in [0.2, 0.25) is 0 Å². The van der Waals surface area contributed by atoms with Crippen molar-refractivity contribution < 1.29 is 0 Å². The van der Waals surface area contributed by atoms with Crippen LogP contribution < -0.4 is 5.32 Å². The van der Waals surface area contributed by atoms with E-state index in [1.807, 2.05) is 11.6 Å². The van der Waals surface area contributed by atoms with Gasteiger partial charge in [0.1, 0.15) is 0 Å². The van der Waals surface area contributed by atoms with Crippen molar-refractivity contribution in [2.24, 2.45) is 0 Å². The molecular formula is C12H19N3. The number of aryl methyl sites for hydroxylation is 2. The number of rotatable bonds is 4. The summed E-state index contributed by atoms with van der Waals surface area (Å²) in [4.78, 5) is 0. The van der Waals surface area contributed by atoms with Gasteiger partial charge in [0, 0.05) is 24.3 Å². The van der Waals surface area contributed by atoms with Gasteiger partial charge < -0.3 is 5.32 Å². The Balaban J connectivity index is 2.66. The maximum Gasteiger partial charge on any atom is 0.0641 e. The van der Waals surface area contributed by atoms with E-state index in [0.29, 0.717) is 0 Å². The summed E-state index contributed by atoms with van der Waals surface area (Å²) in [6, 6.07) is 0. The number of hydrogen-bond acceptors (Lipinski definition) is 2. The molecule has 1 N–H and O–H groups in total. The Morgan fingerprint density at radius 1 is 1.40 bits per heavy atom. The third-order valence-corrected chi connectivity index (χ3v) is 2.52. The maximum absolute atomic E-state index is 4.47. The van der Waals surface area contributed by atoms with Crippen molar-refractivity contribution in [3.05, 3.63) is 17.0 Å². The zero-order chi connectivity index (χ0) is 11.3. The summed E-state index contributed by atoms with van der Waals surface area (Å²) in [5, 5.41) is 7.76. The fraction of sp³-hybridized carbons (Fsp3) is 0.583. The molecule has 82 valence electrons. The molecule has 1 rings (SSSR count). The van der Waals surface area contributed by atoms with E-state index < -0.39 is 0 Å². The minimum absolute atomic E-state index is 0.743. The second kappa shape index (κ2) is 5.57. The largest absolute Gasteiger partial charge is 0.302 e. The molecule has 0 bridgehead atoms. The first kappa shape index (κ1) is 11.8. The fourth-order valence-electron chi connectivity index (χ4n) is 1.64. The van der Waals surface area contributed by atoms with Gasteiger partial charge in [-0.05, 0) is 27.7 Å². The molecule has 1 aromatic rings. The molecular weight excluding hydrogens is 186 g/mol. The lowest BCUT2D eigenvalue weighted by Gasteiger charge is -2.02. The Bertz CT molecular complexity index is 380. The fourth-order valence-corrected chi connectivity index (χ4v) is 1.64. The summed E-state index contributed by atoms with van der Waals surface area (Å²) in [6.45, 7) is 10.7. The Hall–Kier alpha value is -1.27. The van der Waals surface area contributed by atoms with E-state index in [-0.39, 0.29) is 0 Å². The highest BCUT2D eigenvalue weighted by atomic mass is 15.3. The summed E-state index contributed by atoms with van der Waals surface area (Å²) in [7, 11) is 0. The molecule has 0 fully saturated rings. The molecule has 0 aliphatic heterocycles. The Labute approximate surface area is 91.9 Å². The topological polar surface area (TPSA) is 29.9 Å². The van der Waals surface area contributed by atoms with E-state index in [1.54, 1.807) is 0 Å². The molecule has 15 heavy (non-hydrogen) atoms. The van der Waals surface area contributed by atoms with Crippen molar-refractivity contribution in [2.45, 2.75) is 40.8 Å². The van der Waals surface area contributed by atoms with Gasteiger partial charge in [-0.25, -0.2) is 0 Å². The molecule has 0 amide bonds. The van der Waals surface area contributed by atoms with Gasteiger partial charge in [0.05, 0.1) is 12.2 Å². The smallest absolute Gasteiger partial charge is 0.0641 e. The van der Waals surface area contributed by atoms with Gasteiger partial charge >= 0.3 is 0 Å². The molecule has 3 nitrogen and oxygen atoms in total. The minimum Gasteiger partial charge on any atom is -0.302 e. The first-order valence-corrected chi connectivity index (χ1v) is 5.33. The van der Waals surface area contributed by atoms with Crippen molar-refractivity contribution >= 4 is 0 Å². The maximum atomic E-state index is 4.47. The van der Waals surface area contributed by atoms with Gasteiger partial charge in [-0.3, -0.25) is 4.68 Å². The predicted molar refractivity (Wildman–Crippen MR) is 62.5 cm³/mol. The molecule has 1 aromatic heterocycles. The molecule has 3 heteroatoms. The molecule has 0 aliphatic carbocycles. The van der Waals surface area contributed by atoms with Crippen molar-refractivity contribution in [3.63, 3.8) is 0 Å². The third-order valence-electron chi connectivity index (χ3n) is 2.52. The van der Waals surface area contributed by atoms with Crippen LogP contribution >= 0.6 is 0 Å². The normalized spacial score (nSPS) is 9.87. The summed E-state index contributed by atoms with van der Waals surface area (Å²) >= 11 is 0. The Morgan fingerprint density at radius 3 is 2.67 bits per heavy atom. The van der Waals surface area contributed by atoms with Gasteiger partial charge in [-0.15, -0.1) is 5.92 Å². The van der Waals surface area contributed by atoms with Crippen LogP contribution in [0.15, 0.2) is 0 Å². The predicted octanol–water partition coefficient (Wildman–Crippen LogP) is 1.63. The van der Waals surface area contributed by atoms with E-state index in [2.05, 4.69) is 43.0 Å². The van der Waals surface area contributed by atoms with Crippen molar-refractivity contribution in [1.82, 2.24) is 15.1 Å². The van der Waals surface area contributed by atoms with E-state index in [4.69, 9.17) is 0 Å². The van der Waals surface area contributed by atoms with Gasteiger partial charge in [-0.1, -0.05) is 5.92 Å². The lowest BCUT2D eigenvalue weighted by molar-refractivity contribution is 0.632. The molecule has 0 atom stereocenters. The highest BCUT2D eigenvalue weighted by molar-refractivity contribution is 5.24. The number of nitrogens with zero attached hydrogens (tertiary/aromatic N) is 2. The SMILES string of the molecule is CC#CCNCc1c(C)nn(CC)c1C. The lowest BCUT2D eigenvalue weighted by atomic mass is 10.2. The minimum atomic E-state index is 0.743. The van der Waals surface area contributed by atoms with E-state index >= 15 is 0 Å². The molecule has 0 aliphatic rings. The van der Waals surface area contributed by atoms with Gasteiger partial charge in [-0.2, -0.15) is 5.10 Å². The molecule has 0 saturated heterocycles. The van der Waals surface area contributed by atoms with E-state index in [1.165, 1.54) is 11.3 Å². The third kappa shape index (κ3) is 2.84. The van der Waals surface area contributed by atoms with Crippen LogP contribution in [-0.4, -0.2) is 16.3 Å². The van der Waals surface area contributed by atoms with Crippen LogP contribution in [0.5, 0.6) is 0 Å². The highest BCUT2D eigenvalue weighted by Gasteiger charge is 2.08. The van der Waals surface area contributed by atoms with Gasteiger partial charge in [0.25, 0.3) is 0 Å². The number of hydrogen-bond donors (Lipinski definition) is 1. The molecule has 0 aromatic carbocycles. The van der Waals surface area contributed by atoms with Crippen molar-refractivity contribution in [3.8, 4) is 11.8 Å². The molecule has 0 saturated carbocycles. The monoisotopic (exact) mass is 205 g/mol. The van der Waals surface area contributed by atoms with Crippen LogP contribution in [0.3, 0.4) is 0 Å². The summed E-state index contributed by atoms with van der Waals surface area (Å²) < 4.78 is 2.04. The first-order chi connectivity index (χ1) is 7.20. The highest BCUT2D eigenvalue weighted by Crippen LogP contribution is 2.12. The van der Waals surface area contributed by atoms with Crippen LogP contribution in [0, 0.1) is 25.7 Å². The van der Waals surface area contributed by atoms with E-state index in [9.17, 15) is 0 Å². The Kier molecular flexibility index (Phi) is 4.38. The lowest BCUT2D eigenvalue weighted by Crippen LogP contribution is -2.14. The summed E-state index contributed by atoms with van der Waals surface area (Å²) in [5.74, 6) is 5.86. The molecule has 0 radical (unpaired) electrons. The van der Waals surface area contributed by atoms with E-state index in [0.717, 1.165) is 25.3 Å². The quantitative estimate of drug-likeness (QED) is 0.598. The van der Waals surface area contributed by atoms with Crippen LogP contribution in [0.25, 0.3) is 0 Å². The Morgan fingerprint density at radius 2 is 2.13 bits per heavy atom. The van der Waals surface area contributed by atoms with Crippen LogP contribution in [-0.2, 0) is 13.1 Å². The van der Waals surface area contributed by atoms with Crippen LogP contribution in [0.4, 0.5) is 0 Å². The average Bonchev–Trinajstić information content (AvgIpc) is 2.50. The second-order valence-electron chi connectivity index (χ2n) is 3.50. The van der Waals surface area contributed by atoms with Crippen molar-refractivity contribution in [2.75, 3.05) is 6.54 Å². The zero-order valence-electron chi connectivity index (χ0n) is 10.0.